The molecule has 0 bridgehead atoms. The number of benzene rings is 1. The van der Waals surface area contributed by atoms with E-state index in [4.69, 9.17) is 16.7 Å². The summed E-state index contributed by atoms with van der Waals surface area (Å²) in [7, 11) is 0. The van der Waals surface area contributed by atoms with Crippen molar-refractivity contribution in [2.24, 2.45) is 0 Å². The molecule has 1 aromatic carbocycles. The van der Waals surface area contributed by atoms with E-state index >= 15 is 0 Å². The van der Waals surface area contributed by atoms with Crippen LogP contribution in [0.3, 0.4) is 0 Å². The standard InChI is InChI=1S/C9H8ClFO2/c10-7-3-1-6(8(11)5-7)2-4-9(12)13/h1,3,5H,2,4H2,(H,12,13). The van der Waals surface area contributed by atoms with Crippen LogP contribution >= 0.6 is 11.6 Å². The first-order chi connectivity index (χ1) is 6.09. The molecule has 1 aromatic rings. The fourth-order valence-corrected chi connectivity index (χ4v) is 1.12. The third kappa shape index (κ3) is 3.03. The van der Waals surface area contributed by atoms with E-state index in [0.29, 0.717) is 10.6 Å². The molecule has 13 heavy (non-hydrogen) atoms. The van der Waals surface area contributed by atoms with Crippen LogP contribution in [0.1, 0.15) is 12.0 Å². The van der Waals surface area contributed by atoms with Crippen LogP contribution in [-0.4, -0.2) is 11.1 Å². The highest BCUT2D eigenvalue weighted by Crippen LogP contribution is 2.15. The zero-order valence-corrected chi connectivity index (χ0v) is 7.51. The average molecular weight is 203 g/mol. The van der Waals surface area contributed by atoms with Gasteiger partial charge in [0.05, 0.1) is 0 Å². The average Bonchev–Trinajstić information content (AvgIpc) is 2.02. The van der Waals surface area contributed by atoms with E-state index in [1.165, 1.54) is 12.1 Å². The van der Waals surface area contributed by atoms with Crippen LogP contribution in [0, 0.1) is 5.82 Å². The van der Waals surface area contributed by atoms with Gasteiger partial charge in [-0.3, -0.25) is 4.79 Å². The van der Waals surface area contributed by atoms with Crippen LogP contribution in [0.25, 0.3) is 0 Å². The topological polar surface area (TPSA) is 37.3 Å². The minimum absolute atomic E-state index is 0.0709. The molecule has 0 fully saturated rings. The third-order valence-electron chi connectivity index (χ3n) is 1.62. The van der Waals surface area contributed by atoms with Gasteiger partial charge in [0.2, 0.25) is 0 Å². The summed E-state index contributed by atoms with van der Waals surface area (Å²) < 4.78 is 13.0. The fourth-order valence-electron chi connectivity index (χ4n) is 0.966. The Bertz CT molecular complexity index is 325. The maximum absolute atomic E-state index is 13.0. The molecule has 1 N–H and O–H groups in total. The molecule has 0 aromatic heterocycles. The van der Waals surface area contributed by atoms with Crippen molar-refractivity contribution in [3.63, 3.8) is 0 Å². The molecule has 2 nitrogen and oxygen atoms in total. The summed E-state index contributed by atoms with van der Waals surface area (Å²) >= 11 is 5.52. The number of hydrogen-bond acceptors (Lipinski definition) is 1. The summed E-state index contributed by atoms with van der Waals surface area (Å²) in [4.78, 5) is 10.2. The maximum Gasteiger partial charge on any atom is 0.303 e. The van der Waals surface area contributed by atoms with Crippen molar-refractivity contribution in [1.29, 1.82) is 0 Å². The van der Waals surface area contributed by atoms with Crippen LogP contribution in [-0.2, 0) is 11.2 Å². The number of aryl methyl sites for hydroxylation is 1. The predicted molar refractivity (Wildman–Crippen MR) is 47.4 cm³/mol. The van der Waals surface area contributed by atoms with Gasteiger partial charge in [-0.05, 0) is 24.1 Å². The molecule has 0 aliphatic rings. The van der Waals surface area contributed by atoms with E-state index in [2.05, 4.69) is 0 Å². The molecular formula is C9H8ClFO2. The highest BCUT2D eigenvalue weighted by Gasteiger charge is 2.04. The van der Waals surface area contributed by atoms with Crippen LogP contribution in [0.15, 0.2) is 18.2 Å². The second-order valence-corrected chi connectivity index (χ2v) is 3.07. The van der Waals surface area contributed by atoms with Gasteiger partial charge >= 0.3 is 5.97 Å². The zero-order valence-electron chi connectivity index (χ0n) is 6.76. The Morgan fingerprint density at radius 1 is 1.54 bits per heavy atom. The van der Waals surface area contributed by atoms with E-state index in [1.807, 2.05) is 0 Å². The van der Waals surface area contributed by atoms with E-state index in [-0.39, 0.29) is 12.8 Å². The Balaban J connectivity index is 2.72. The lowest BCUT2D eigenvalue weighted by Crippen LogP contribution is -1.99. The Hall–Kier alpha value is -1.09. The summed E-state index contributed by atoms with van der Waals surface area (Å²) in [5.41, 5.74) is 0.381. The van der Waals surface area contributed by atoms with E-state index in [9.17, 15) is 9.18 Å². The quantitative estimate of drug-likeness (QED) is 0.818. The van der Waals surface area contributed by atoms with Gasteiger partial charge in [0.25, 0.3) is 0 Å². The number of halogens is 2. The monoisotopic (exact) mass is 202 g/mol. The number of carboxylic acids is 1. The van der Waals surface area contributed by atoms with Gasteiger partial charge in [0, 0.05) is 11.4 Å². The molecule has 0 unspecified atom stereocenters. The van der Waals surface area contributed by atoms with Crippen molar-refractivity contribution in [3.8, 4) is 0 Å². The molecule has 0 aliphatic carbocycles. The van der Waals surface area contributed by atoms with Gasteiger partial charge in [0.1, 0.15) is 5.82 Å². The van der Waals surface area contributed by atoms with E-state index < -0.39 is 11.8 Å². The minimum atomic E-state index is -0.936. The first-order valence-electron chi connectivity index (χ1n) is 3.75. The molecule has 0 heterocycles. The van der Waals surface area contributed by atoms with E-state index in [0.717, 1.165) is 0 Å². The molecule has 4 heteroatoms. The highest BCUT2D eigenvalue weighted by molar-refractivity contribution is 6.30. The Labute approximate surface area is 80.0 Å². The van der Waals surface area contributed by atoms with Crippen molar-refractivity contribution in [2.45, 2.75) is 12.8 Å². The van der Waals surface area contributed by atoms with Crippen LogP contribution in [0.2, 0.25) is 5.02 Å². The van der Waals surface area contributed by atoms with Crippen molar-refractivity contribution in [1.82, 2.24) is 0 Å². The van der Waals surface area contributed by atoms with E-state index in [1.54, 1.807) is 6.07 Å². The van der Waals surface area contributed by atoms with Crippen molar-refractivity contribution in [2.75, 3.05) is 0 Å². The summed E-state index contributed by atoms with van der Waals surface area (Å²) in [5.74, 6) is -1.39. The Morgan fingerprint density at radius 3 is 2.77 bits per heavy atom. The smallest absolute Gasteiger partial charge is 0.303 e. The maximum atomic E-state index is 13.0. The van der Waals surface area contributed by atoms with Crippen LogP contribution in [0.4, 0.5) is 4.39 Å². The third-order valence-corrected chi connectivity index (χ3v) is 1.86. The van der Waals surface area contributed by atoms with Gasteiger partial charge in [-0.15, -0.1) is 0 Å². The second-order valence-electron chi connectivity index (χ2n) is 2.63. The number of carbonyl (C=O) groups is 1. The molecule has 0 saturated heterocycles. The SMILES string of the molecule is O=C(O)CCc1ccc(Cl)cc1F. The summed E-state index contributed by atoms with van der Waals surface area (Å²) in [6.07, 6.45) is 0.122. The lowest BCUT2D eigenvalue weighted by Gasteiger charge is -2.00. The highest BCUT2D eigenvalue weighted by atomic mass is 35.5. The van der Waals surface area contributed by atoms with Crippen molar-refractivity contribution >= 4 is 17.6 Å². The lowest BCUT2D eigenvalue weighted by atomic mass is 10.1. The molecule has 0 spiro atoms. The first kappa shape index (κ1) is 9.99. The Morgan fingerprint density at radius 2 is 2.23 bits per heavy atom. The van der Waals surface area contributed by atoms with Gasteiger partial charge in [-0.25, -0.2) is 4.39 Å². The largest absolute Gasteiger partial charge is 0.481 e. The Kier molecular flexibility index (Phi) is 3.25. The van der Waals surface area contributed by atoms with Gasteiger partial charge in [-0.1, -0.05) is 17.7 Å². The number of hydrogen-bond donors (Lipinski definition) is 1. The molecule has 0 aliphatic heterocycles. The van der Waals surface area contributed by atoms with Crippen LogP contribution < -0.4 is 0 Å². The normalized spacial score (nSPS) is 10.0. The van der Waals surface area contributed by atoms with Gasteiger partial charge < -0.3 is 5.11 Å². The molecule has 0 amide bonds. The van der Waals surface area contributed by atoms with Gasteiger partial charge in [-0.2, -0.15) is 0 Å². The molecule has 0 atom stereocenters. The van der Waals surface area contributed by atoms with Gasteiger partial charge in [0.15, 0.2) is 0 Å². The first-order valence-corrected chi connectivity index (χ1v) is 4.13. The molecule has 0 radical (unpaired) electrons. The summed E-state index contributed by atoms with van der Waals surface area (Å²) in [6, 6.07) is 4.22. The number of aliphatic carboxylic acids is 1. The number of rotatable bonds is 3. The minimum Gasteiger partial charge on any atom is -0.481 e. The molecule has 0 saturated carbocycles. The second kappa shape index (κ2) is 4.23. The predicted octanol–water partition coefficient (Wildman–Crippen LogP) is 2.50. The molecular weight excluding hydrogens is 195 g/mol. The molecule has 70 valence electrons. The number of carboxylic acid groups (broad SMARTS) is 1. The fraction of sp³-hybridized carbons (Fsp3) is 0.222. The van der Waals surface area contributed by atoms with Crippen molar-refractivity contribution in [3.05, 3.63) is 34.6 Å². The lowest BCUT2D eigenvalue weighted by molar-refractivity contribution is -0.136. The summed E-state index contributed by atoms with van der Waals surface area (Å²) in [5, 5.41) is 8.69. The summed E-state index contributed by atoms with van der Waals surface area (Å²) in [6.45, 7) is 0. The van der Waals surface area contributed by atoms with Crippen LogP contribution in [0.5, 0.6) is 0 Å². The molecule has 1 rings (SSSR count). The zero-order chi connectivity index (χ0) is 9.84. The van der Waals surface area contributed by atoms with Crippen molar-refractivity contribution < 1.29 is 14.3 Å².